The highest BCUT2D eigenvalue weighted by Crippen LogP contribution is 2.23. The number of rotatable bonds is 6. The third kappa shape index (κ3) is 5.83. The van der Waals surface area contributed by atoms with Gasteiger partial charge < -0.3 is 0 Å². The van der Waals surface area contributed by atoms with Crippen LogP contribution in [-0.2, 0) is 19.3 Å². The fraction of sp³-hybridized carbons (Fsp3) is 0.357. The summed E-state index contributed by atoms with van der Waals surface area (Å²) in [7, 11) is 0. The molecule has 0 aromatic heterocycles. The van der Waals surface area contributed by atoms with Gasteiger partial charge in [-0.3, -0.25) is 0 Å². The zero-order valence-electron chi connectivity index (χ0n) is 18.6. The number of aryl methyl sites for hydroxylation is 4. The van der Waals surface area contributed by atoms with Crippen molar-refractivity contribution < 1.29 is 0 Å². The Hall–Kier alpha value is -2.34. The number of hydrogen-bond donors (Lipinski definition) is 0. The van der Waals surface area contributed by atoms with E-state index in [-0.39, 0.29) is 0 Å². The minimum absolute atomic E-state index is 1.01. The summed E-state index contributed by atoms with van der Waals surface area (Å²) in [6.07, 6.45) is 4.41. The van der Waals surface area contributed by atoms with Crippen molar-refractivity contribution >= 4 is 0 Å². The predicted octanol–water partition coefficient (Wildman–Crippen LogP) is 7.77. The molecule has 0 heterocycles. The van der Waals surface area contributed by atoms with Gasteiger partial charge in [-0.1, -0.05) is 87.9 Å². The van der Waals surface area contributed by atoms with E-state index < -0.39 is 0 Å². The van der Waals surface area contributed by atoms with Gasteiger partial charge in [0.2, 0.25) is 0 Å². The smallest absolute Gasteiger partial charge is 0.00204 e. The molecule has 148 valence electrons. The SMILES string of the molecule is CC.CCCc1cc(C)c(Cc2ccc(C)c(Cc3ccccc3)c2)c(C)c1. The standard InChI is InChI=1S/C26H30.C2H6/c1-5-9-23-14-20(3)26(21(4)15-23)18-24-13-12-19(2)25(17-24)16-22-10-7-6-8-11-22;1-2/h6-8,10-15,17H,5,9,16,18H2,1-4H3;1-2H3. The molecule has 3 rings (SSSR count). The summed E-state index contributed by atoms with van der Waals surface area (Å²) in [5.74, 6) is 0. The minimum Gasteiger partial charge on any atom is -0.0683 e. The first kappa shape index (κ1) is 22.0. The highest BCUT2D eigenvalue weighted by Gasteiger charge is 2.08. The molecule has 0 saturated heterocycles. The summed E-state index contributed by atoms with van der Waals surface area (Å²) in [6.45, 7) is 13.0. The lowest BCUT2D eigenvalue weighted by molar-refractivity contribution is 0.914. The topological polar surface area (TPSA) is 0 Å². The zero-order valence-corrected chi connectivity index (χ0v) is 18.6. The Bertz CT molecular complexity index is 849. The average molecular weight is 373 g/mol. The van der Waals surface area contributed by atoms with Gasteiger partial charge in [-0.05, 0) is 84.5 Å². The van der Waals surface area contributed by atoms with Crippen molar-refractivity contribution in [2.45, 2.75) is 67.2 Å². The first-order valence-electron chi connectivity index (χ1n) is 10.8. The first-order valence-corrected chi connectivity index (χ1v) is 10.8. The van der Waals surface area contributed by atoms with E-state index >= 15 is 0 Å². The summed E-state index contributed by atoms with van der Waals surface area (Å²) in [5, 5.41) is 0. The van der Waals surface area contributed by atoms with Crippen LogP contribution in [0, 0.1) is 20.8 Å². The van der Waals surface area contributed by atoms with E-state index in [1.807, 2.05) is 13.8 Å². The average Bonchev–Trinajstić information content (AvgIpc) is 2.70. The number of benzene rings is 3. The van der Waals surface area contributed by atoms with Crippen molar-refractivity contribution in [3.05, 3.63) is 105 Å². The molecule has 0 nitrogen and oxygen atoms in total. The van der Waals surface area contributed by atoms with Crippen LogP contribution in [0.2, 0.25) is 0 Å². The second-order valence-corrected chi connectivity index (χ2v) is 7.56. The third-order valence-electron chi connectivity index (χ3n) is 5.33. The second-order valence-electron chi connectivity index (χ2n) is 7.56. The lowest BCUT2D eigenvalue weighted by Crippen LogP contribution is -2.00. The second kappa shape index (κ2) is 10.9. The fourth-order valence-electron chi connectivity index (χ4n) is 3.84. The summed E-state index contributed by atoms with van der Waals surface area (Å²) in [6, 6.07) is 22.5. The van der Waals surface area contributed by atoms with Crippen LogP contribution in [0.5, 0.6) is 0 Å². The molecule has 0 saturated carbocycles. The monoisotopic (exact) mass is 372 g/mol. The van der Waals surface area contributed by atoms with E-state index in [0.29, 0.717) is 0 Å². The van der Waals surface area contributed by atoms with E-state index in [2.05, 4.69) is 88.4 Å². The molecule has 0 fully saturated rings. The molecule has 0 heteroatoms. The fourth-order valence-corrected chi connectivity index (χ4v) is 3.84. The molecule has 3 aromatic rings. The molecule has 0 unspecified atom stereocenters. The van der Waals surface area contributed by atoms with E-state index in [1.54, 1.807) is 0 Å². The maximum Gasteiger partial charge on any atom is -0.00204 e. The largest absolute Gasteiger partial charge is 0.0683 e. The third-order valence-corrected chi connectivity index (χ3v) is 5.33. The molecule has 0 aliphatic rings. The highest BCUT2D eigenvalue weighted by atomic mass is 14.1. The molecule has 0 atom stereocenters. The van der Waals surface area contributed by atoms with E-state index in [4.69, 9.17) is 0 Å². The molecular weight excluding hydrogens is 336 g/mol. The Morgan fingerprint density at radius 2 is 1.25 bits per heavy atom. The van der Waals surface area contributed by atoms with Crippen molar-refractivity contribution in [2.75, 3.05) is 0 Å². The van der Waals surface area contributed by atoms with Crippen LogP contribution in [0.25, 0.3) is 0 Å². The summed E-state index contributed by atoms with van der Waals surface area (Å²) < 4.78 is 0. The predicted molar refractivity (Wildman–Crippen MR) is 124 cm³/mol. The van der Waals surface area contributed by atoms with Crippen molar-refractivity contribution in [1.29, 1.82) is 0 Å². The van der Waals surface area contributed by atoms with Crippen molar-refractivity contribution in [3.8, 4) is 0 Å². The molecule has 0 bridgehead atoms. The Morgan fingerprint density at radius 3 is 1.86 bits per heavy atom. The Labute approximate surface area is 172 Å². The van der Waals surface area contributed by atoms with Gasteiger partial charge >= 0.3 is 0 Å². The van der Waals surface area contributed by atoms with Gasteiger partial charge in [-0.2, -0.15) is 0 Å². The Balaban J connectivity index is 0.00000136. The van der Waals surface area contributed by atoms with Crippen LogP contribution in [0.1, 0.15) is 71.7 Å². The van der Waals surface area contributed by atoms with Crippen molar-refractivity contribution in [1.82, 2.24) is 0 Å². The summed E-state index contributed by atoms with van der Waals surface area (Å²) in [4.78, 5) is 0. The first-order chi connectivity index (χ1) is 13.6. The molecule has 0 aliphatic carbocycles. The minimum atomic E-state index is 1.01. The van der Waals surface area contributed by atoms with E-state index in [1.165, 1.54) is 57.3 Å². The van der Waals surface area contributed by atoms with Gasteiger partial charge in [0.15, 0.2) is 0 Å². The van der Waals surface area contributed by atoms with Crippen LogP contribution in [0.4, 0.5) is 0 Å². The van der Waals surface area contributed by atoms with Gasteiger partial charge in [0, 0.05) is 0 Å². The molecule has 3 aromatic carbocycles. The summed E-state index contributed by atoms with van der Waals surface area (Å²) >= 11 is 0. The lowest BCUT2D eigenvalue weighted by atomic mass is 9.91. The number of hydrogen-bond acceptors (Lipinski definition) is 0. The summed E-state index contributed by atoms with van der Waals surface area (Å²) in [5.41, 5.74) is 11.4. The molecule has 0 amide bonds. The molecule has 0 aliphatic heterocycles. The Morgan fingerprint density at radius 1 is 0.607 bits per heavy atom. The molecule has 28 heavy (non-hydrogen) atoms. The van der Waals surface area contributed by atoms with Gasteiger partial charge in [-0.25, -0.2) is 0 Å². The van der Waals surface area contributed by atoms with Crippen LogP contribution in [0.15, 0.2) is 60.7 Å². The quantitative estimate of drug-likeness (QED) is 0.414. The molecule has 0 radical (unpaired) electrons. The highest BCUT2D eigenvalue weighted by molar-refractivity contribution is 5.43. The van der Waals surface area contributed by atoms with E-state index in [0.717, 1.165) is 12.8 Å². The van der Waals surface area contributed by atoms with Crippen LogP contribution in [-0.4, -0.2) is 0 Å². The molecule has 0 spiro atoms. The van der Waals surface area contributed by atoms with Gasteiger partial charge in [0.1, 0.15) is 0 Å². The van der Waals surface area contributed by atoms with Crippen molar-refractivity contribution in [2.24, 2.45) is 0 Å². The van der Waals surface area contributed by atoms with Crippen molar-refractivity contribution in [3.63, 3.8) is 0 Å². The lowest BCUT2D eigenvalue weighted by Gasteiger charge is -2.14. The van der Waals surface area contributed by atoms with Gasteiger partial charge in [0.05, 0.1) is 0 Å². The van der Waals surface area contributed by atoms with Gasteiger partial charge in [-0.15, -0.1) is 0 Å². The zero-order chi connectivity index (χ0) is 20.5. The van der Waals surface area contributed by atoms with E-state index in [9.17, 15) is 0 Å². The normalized spacial score (nSPS) is 10.4. The maximum absolute atomic E-state index is 2.40. The Kier molecular flexibility index (Phi) is 8.51. The maximum atomic E-state index is 2.40. The molecular formula is C28H36. The van der Waals surface area contributed by atoms with Crippen LogP contribution >= 0.6 is 0 Å². The van der Waals surface area contributed by atoms with Gasteiger partial charge in [0.25, 0.3) is 0 Å². The molecule has 0 N–H and O–H groups in total. The van der Waals surface area contributed by atoms with Crippen LogP contribution in [0.3, 0.4) is 0 Å². The van der Waals surface area contributed by atoms with Crippen LogP contribution < -0.4 is 0 Å².